The third-order valence-electron chi connectivity index (χ3n) is 2.90. The molecule has 1 heterocycles. The maximum absolute atomic E-state index is 9.77. The molecule has 2 rings (SSSR count). The molecule has 1 aromatic rings. The van der Waals surface area contributed by atoms with Gasteiger partial charge >= 0.3 is 0 Å². The van der Waals surface area contributed by atoms with E-state index < -0.39 is 24.4 Å². The highest BCUT2D eigenvalue weighted by molar-refractivity contribution is 5.13. The Morgan fingerprint density at radius 3 is 2.67 bits per heavy atom. The standard InChI is InChI=1S/C13H15NO4/c14-6-10-8-18-13(12(16)11(10)15)17-7-9-4-2-1-3-5-9/h1-5,10-13,15-16H,7-8H2/t10-,11-,12?,13?/m1/s1. The van der Waals surface area contributed by atoms with Crippen molar-refractivity contribution in [2.45, 2.75) is 25.1 Å². The maximum atomic E-state index is 9.77. The first-order valence-electron chi connectivity index (χ1n) is 5.75. The number of benzene rings is 1. The van der Waals surface area contributed by atoms with Crippen LogP contribution in [0.1, 0.15) is 5.56 Å². The number of aliphatic hydroxyl groups excluding tert-OH is 2. The number of hydrogen-bond donors (Lipinski definition) is 2. The lowest BCUT2D eigenvalue weighted by Gasteiger charge is -2.34. The van der Waals surface area contributed by atoms with E-state index in [1.165, 1.54) is 0 Å². The molecule has 1 aromatic carbocycles. The smallest absolute Gasteiger partial charge is 0.186 e. The lowest BCUT2D eigenvalue weighted by atomic mass is 9.97. The number of ether oxygens (including phenoxy) is 2. The summed E-state index contributed by atoms with van der Waals surface area (Å²) in [6.07, 6.45) is -3.23. The predicted molar refractivity (Wildman–Crippen MR) is 62.1 cm³/mol. The van der Waals surface area contributed by atoms with Gasteiger partial charge in [-0.05, 0) is 5.56 Å². The molecule has 0 saturated carbocycles. The molecule has 18 heavy (non-hydrogen) atoms. The van der Waals surface area contributed by atoms with E-state index in [9.17, 15) is 10.2 Å². The van der Waals surface area contributed by atoms with Crippen LogP contribution in [-0.2, 0) is 16.1 Å². The van der Waals surface area contributed by atoms with Gasteiger partial charge in [0.2, 0.25) is 0 Å². The van der Waals surface area contributed by atoms with Gasteiger partial charge in [0, 0.05) is 0 Å². The van der Waals surface area contributed by atoms with E-state index in [0.29, 0.717) is 0 Å². The molecule has 1 aliphatic rings. The molecule has 0 bridgehead atoms. The van der Waals surface area contributed by atoms with E-state index in [2.05, 4.69) is 0 Å². The van der Waals surface area contributed by atoms with E-state index >= 15 is 0 Å². The second kappa shape index (κ2) is 5.94. The molecular formula is C13H15NO4. The Hall–Kier alpha value is -1.45. The molecule has 1 aliphatic heterocycles. The Balaban J connectivity index is 1.89. The average molecular weight is 249 g/mol. The summed E-state index contributed by atoms with van der Waals surface area (Å²) < 4.78 is 10.6. The van der Waals surface area contributed by atoms with Crippen LogP contribution in [-0.4, -0.2) is 35.3 Å². The third-order valence-corrected chi connectivity index (χ3v) is 2.90. The van der Waals surface area contributed by atoms with E-state index in [1.807, 2.05) is 36.4 Å². The van der Waals surface area contributed by atoms with E-state index in [-0.39, 0.29) is 13.2 Å². The van der Waals surface area contributed by atoms with Gasteiger partial charge in [0.05, 0.1) is 25.2 Å². The molecule has 0 aliphatic carbocycles. The first-order chi connectivity index (χ1) is 8.72. The lowest BCUT2D eigenvalue weighted by Crippen LogP contribution is -2.50. The van der Waals surface area contributed by atoms with Crippen molar-refractivity contribution in [1.82, 2.24) is 0 Å². The maximum Gasteiger partial charge on any atom is 0.186 e. The van der Waals surface area contributed by atoms with Crippen LogP contribution in [0.5, 0.6) is 0 Å². The number of nitrogens with zero attached hydrogens (tertiary/aromatic N) is 1. The fourth-order valence-electron chi connectivity index (χ4n) is 1.81. The van der Waals surface area contributed by atoms with E-state index in [1.54, 1.807) is 0 Å². The summed E-state index contributed by atoms with van der Waals surface area (Å²) in [5, 5.41) is 28.2. The summed E-state index contributed by atoms with van der Waals surface area (Å²) >= 11 is 0. The molecule has 96 valence electrons. The summed E-state index contributed by atoms with van der Waals surface area (Å²) in [4.78, 5) is 0. The first kappa shape index (κ1) is 13.0. The van der Waals surface area contributed by atoms with Gasteiger partial charge < -0.3 is 19.7 Å². The predicted octanol–water partition coefficient (Wildman–Crippen LogP) is 0.421. The minimum absolute atomic E-state index is 0.0637. The Morgan fingerprint density at radius 2 is 2.00 bits per heavy atom. The van der Waals surface area contributed by atoms with Crippen LogP contribution in [0, 0.1) is 17.2 Å². The molecule has 5 heteroatoms. The van der Waals surface area contributed by atoms with Crippen molar-refractivity contribution in [3.63, 3.8) is 0 Å². The topological polar surface area (TPSA) is 82.7 Å². The van der Waals surface area contributed by atoms with Crippen LogP contribution in [0.4, 0.5) is 0 Å². The summed E-state index contributed by atoms with van der Waals surface area (Å²) in [6, 6.07) is 11.3. The SMILES string of the molecule is N#C[C@@H]1COC(OCc2ccccc2)C(O)[C@@H]1O. The molecule has 0 radical (unpaired) electrons. The van der Waals surface area contributed by atoms with Gasteiger partial charge in [-0.1, -0.05) is 30.3 Å². The Kier molecular flexibility index (Phi) is 4.28. The minimum atomic E-state index is -1.20. The molecule has 1 saturated heterocycles. The zero-order valence-corrected chi connectivity index (χ0v) is 9.77. The van der Waals surface area contributed by atoms with Gasteiger partial charge in [0.1, 0.15) is 12.2 Å². The monoisotopic (exact) mass is 249 g/mol. The fourth-order valence-corrected chi connectivity index (χ4v) is 1.81. The summed E-state index contributed by atoms with van der Waals surface area (Å²) in [6.45, 7) is 0.348. The largest absolute Gasteiger partial charge is 0.389 e. The quantitative estimate of drug-likeness (QED) is 0.811. The second-order valence-corrected chi connectivity index (χ2v) is 4.22. The van der Waals surface area contributed by atoms with Crippen molar-refractivity contribution in [3.8, 4) is 6.07 Å². The number of aliphatic hydroxyl groups is 2. The molecule has 0 amide bonds. The molecule has 1 fully saturated rings. The fraction of sp³-hybridized carbons (Fsp3) is 0.462. The molecule has 2 unspecified atom stereocenters. The highest BCUT2D eigenvalue weighted by Gasteiger charge is 2.39. The van der Waals surface area contributed by atoms with E-state index in [4.69, 9.17) is 14.7 Å². The van der Waals surface area contributed by atoms with Crippen molar-refractivity contribution >= 4 is 0 Å². The van der Waals surface area contributed by atoms with Crippen molar-refractivity contribution in [3.05, 3.63) is 35.9 Å². The zero-order valence-electron chi connectivity index (χ0n) is 9.77. The van der Waals surface area contributed by atoms with Gasteiger partial charge in [0.25, 0.3) is 0 Å². The summed E-state index contributed by atoms with van der Waals surface area (Å²) in [5.41, 5.74) is 0.949. The minimum Gasteiger partial charge on any atom is -0.389 e. The number of nitriles is 1. The Bertz CT molecular complexity index is 417. The zero-order chi connectivity index (χ0) is 13.0. The van der Waals surface area contributed by atoms with Crippen molar-refractivity contribution in [1.29, 1.82) is 5.26 Å². The van der Waals surface area contributed by atoms with E-state index in [0.717, 1.165) is 5.56 Å². The normalized spacial score (nSPS) is 31.8. The molecule has 0 spiro atoms. The number of rotatable bonds is 3. The van der Waals surface area contributed by atoms with Gasteiger partial charge in [-0.2, -0.15) is 5.26 Å². The highest BCUT2D eigenvalue weighted by atomic mass is 16.7. The van der Waals surface area contributed by atoms with Crippen molar-refractivity contribution in [2.75, 3.05) is 6.61 Å². The summed E-state index contributed by atoms with van der Waals surface area (Å²) in [7, 11) is 0. The van der Waals surface area contributed by atoms with Crippen LogP contribution in [0.15, 0.2) is 30.3 Å². The third kappa shape index (κ3) is 2.86. The Morgan fingerprint density at radius 1 is 1.28 bits per heavy atom. The van der Waals surface area contributed by atoms with Crippen LogP contribution in [0.25, 0.3) is 0 Å². The van der Waals surface area contributed by atoms with Crippen LogP contribution in [0.3, 0.4) is 0 Å². The summed E-state index contributed by atoms with van der Waals surface area (Å²) in [5.74, 6) is -0.712. The number of hydrogen-bond acceptors (Lipinski definition) is 5. The lowest BCUT2D eigenvalue weighted by molar-refractivity contribution is -0.257. The van der Waals surface area contributed by atoms with Gasteiger partial charge in [-0.25, -0.2) is 0 Å². The van der Waals surface area contributed by atoms with Crippen LogP contribution in [0.2, 0.25) is 0 Å². The van der Waals surface area contributed by atoms with Gasteiger partial charge in [-0.15, -0.1) is 0 Å². The average Bonchev–Trinajstić information content (AvgIpc) is 2.42. The Labute approximate surface area is 105 Å². The van der Waals surface area contributed by atoms with Gasteiger partial charge in [0.15, 0.2) is 6.29 Å². The molecule has 4 atom stereocenters. The molecule has 0 aromatic heterocycles. The van der Waals surface area contributed by atoms with Crippen molar-refractivity contribution < 1.29 is 19.7 Å². The highest BCUT2D eigenvalue weighted by Crippen LogP contribution is 2.21. The van der Waals surface area contributed by atoms with Crippen molar-refractivity contribution in [2.24, 2.45) is 5.92 Å². The first-order valence-corrected chi connectivity index (χ1v) is 5.75. The second-order valence-electron chi connectivity index (χ2n) is 4.22. The van der Waals surface area contributed by atoms with Crippen LogP contribution >= 0.6 is 0 Å². The van der Waals surface area contributed by atoms with Crippen LogP contribution < -0.4 is 0 Å². The molecule has 2 N–H and O–H groups in total. The molecule has 5 nitrogen and oxygen atoms in total. The molecular weight excluding hydrogens is 234 g/mol. The van der Waals surface area contributed by atoms with Gasteiger partial charge in [-0.3, -0.25) is 0 Å².